The zero-order valence-electron chi connectivity index (χ0n) is 23.6. The minimum absolute atomic E-state index is 0.00859. The minimum atomic E-state index is -4.12. The molecular weight excluding hydrogens is 635 g/mol. The quantitative estimate of drug-likeness (QED) is 0.167. The van der Waals surface area contributed by atoms with E-state index in [9.17, 15) is 0 Å². The molecule has 0 radical (unpaired) electrons. The summed E-state index contributed by atoms with van der Waals surface area (Å²) in [4.78, 5) is 0. The Kier molecular flexibility index (Phi) is 6.91. The average Bonchev–Trinajstić information content (AvgIpc) is 3.56. The van der Waals surface area contributed by atoms with Gasteiger partial charge < -0.3 is 0 Å². The summed E-state index contributed by atoms with van der Waals surface area (Å²) in [7, 11) is 15.2. The van der Waals surface area contributed by atoms with Gasteiger partial charge >= 0.3 is 259 Å². The van der Waals surface area contributed by atoms with Crippen LogP contribution in [0.1, 0.15) is 46.7 Å². The van der Waals surface area contributed by atoms with Gasteiger partial charge in [0, 0.05) is 0 Å². The Labute approximate surface area is 257 Å². The van der Waals surface area contributed by atoms with Crippen LogP contribution < -0.4 is 13.6 Å². The van der Waals surface area contributed by atoms with Crippen molar-refractivity contribution >= 4 is 51.8 Å². The van der Waals surface area contributed by atoms with E-state index in [1.165, 1.54) is 63.7 Å². The monoisotopic (exact) mass is 664 g/mol. The van der Waals surface area contributed by atoms with Crippen molar-refractivity contribution in [3.05, 3.63) is 138 Å². The van der Waals surface area contributed by atoms with Crippen molar-refractivity contribution in [1.29, 1.82) is 0 Å². The summed E-state index contributed by atoms with van der Waals surface area (Å²) in [6.45, 7) is 6.91. The summed E-state index contributed by atoms with van der Waals surface area (Å²) in [5.41, 5.74) is 11.6. The van der Waals surface area contributed by atoms with E-state index < -0.39 is 27.4 Å². The van der Waals surface area contributed by atoms with E-state index >= 15 is 0 Å². The number of hydrogen-bond acceptors (Lipinski definition) is 0. The second kappa shape index (κ2) is 10.4. The van der Waals surface area contributed by atoms with Gasteiger partial charge in [0.2, 0.25) is 0 Å². The molecule has 0 amide bonds. The Balaban J connectivity index is 1.48. The van der Waals surface area contributed by atoms with Gasteiger partial charge in [-0.3, -0.25) is 0 Å². The molecule has 0 fully saturated rings. The molecule has 1 atom stereocenters. The van der Waals surface area contributed by atoms with E-state index in [1.807, 2.05) is 0 Å². The predicted octanol–water partition coefficient (Wildman–Crippen LogP) is 8.13. The van der Waals surface area contributed by atoms with Crippen LogP contribution in [-0.2, 0) is 23.3 Å². The molecule has 0 saturated carbocycles. The maximum absolute atomic E-state index is 7.95. The summed E-state index contributed by atoms with van der Waals surface area (Å²) in [5.74, 6) is 0. The van der Waals surface area contributed by atoms with Gasteiger partial charge in [-0.1, -0.05) is 0 Å². The molecule has 202 valence electrons. The van der Waals surface area contributed by atoms with E-state index in [0.29, 0.717) is 0 Å². The molecule has 5 aromatic carbocycles. The summed E-state index contributed by atoms with van der Waals surface area (Å²) in [6.07, 6.45) is 2.42. The molecule has 0 bridgehead atoms. The molecule has 2 aliphatic rings. The normalized spacial score (nSPS) is 16.3. The van der Waals surface area contributed by atoms with E-state index in [0.717, 1.165) is 0 Å². The summed E-state index contributed by atoms with van der Waals surface area (Å²) in [5, 5.41) is 2.96. The third-order valence-electron chi connectivity index (χ3n) is 8.75. The standard InChI is InChI=1S/C25H23.C12H9Si.2ClH.Zr/c1-25(2,3)23-15-14-20-16-21(18-10-6-4-7-11-18)17-22(20)24(23)19-12-8-5-9-13-19;1-3-7-11-9(5-1)10-6-2-4-8-12(10)13-11;;;/h4-17H,1-3H3;1-7H,13H2;2*1H;/q;;;;+2/p-2. The van der Waals surface area contributed by atoms with Crippen LogP contribution in [-0.4, -0.2) is 9.52 Å². The van der Waals surface area contributed by atoms with E-state index in [4.69, 9.17) is 17.0 Å². The maximum atomic E-state index is 7.95. The van der Waals surface area contributed by atoms with Crippen LogP contribution in [0.5, 0.6) is 0 Å². The first-order valence-electron chi connectivity index (χ1n) is 14.3. The summed E-state index contributed by atoms with van der Waals surface area (Å²) in [6, 6.07) is 41.9. The van der Waals surface area contributed by atoms with Crippen LogP contribution in [0.3, 0.4) is 0 Å². The molecule has 0 spiro atoms. The van der Waals surface area contributed by atoms with Crippen molar-refractivity contribution in [3.8, 4) is 22.3 Å². The van der Waals surface area contributed by atoms with Gasteiger partial charge in [-0.2, -0.15) is 0 Å². The molecule has 0 saturated heterocycles. The molecule has 1 heterocycles. The molecule has 0 N–H and O–H groups in total. The van der Waals surface area contributed by atoms with Gasteiger partial charge in [0.05, 0.1) is 0 Å². The molecule has 7 rings (SSSR count). The van der Waals surface area contributed by atoms with Crippen LogP contribution in [0.15, 0.2) is 115 Å². The molecule has 5 aromatic rings. The van der Waals surface area contributed by atoms with Crippen LogP contribution in [0.4, 0.5) is 0 Å². The Hall–Kier alpha value is -2.48. The second-order valence-electron chi connectivity index (χ2n) is 12.3. The van der Waals surface area contributed by atoms with Crippen molar-refractivity contribution in [2.24, 2.45) is 0 Å². The van der Waals surface area contributed by atoms with Crippen molar-refractivity contribution < 1.29 is 17.9 Å². The van der Waals surface area contributed by atoms with Crippen molar-refractivity contribution in [2.75, 3.05) is 0 Å². The second-order valence-corrected chi connectivity index (χ2v) is 28.1. The Morgan fingerprint density at radius 1 is 0.659 bits per heavy atom. The number of rotatable bonds is 4. The Bertz CT molecular complexity index is 1820. The molecule has 1 aliphatic carbocycles. The van der Waals surface area contributed by atoms with Crippen LogP contribution in [0, 0.1) is 0 Å². The molecule has 4 heteroatoms. The average molecular weight is 667 g/mol. The number of halogens is 2. The van der Waals surface area contributed by atoms with Gasteiger partial charge in [0.15, 0.2) is 0 Å². The molecule has 0 aromatic heterocycles. The van der Waals surface area contributed by atoms with Crippen LogP contribution >= 0.6 is 17.0 Å². The van der Waals surface area contributed by atoms with Gasteiger partial charge in [0.1, 0.15) is 0 Å². The predicted molar refractivity (Wildman–Crippen MR) is 179 cm³/mol. The number of benzene rings is 5. The van der Waals surface area contributed by atoms with Crippen molar-refractivity contribution in [2.45, 2.75) is 29.8 Å². The van der Waals surface area contributed by atoms with Crippen LogP contribution in [0.2, 0.25) is 0 Å². The van der Waals surface area contributed by atoms with E-state index in [-0.39, 0.29) is 9.04 Å². The zero-order chi connectivity index (χ0) is 28.4. The van der Waals surface area contributed by atoms with Gasteiger partial charge in [-0.15, -0.1) is 0 Å². The first kappa shape index (κ1) is 27.4. The van der Waals surface area contributed by atoms with Gasteiger partial charge in [0.25, 0.3) is 0 Å². The molecule has 41 heavy (non-hydrogen) atoms. The number of fused-ring (bicyclic) bond motifs is 4. The summed E-state index contributed by atoms with van der Waals surface area (Å²) >= 11 is -4.12. The number of allylic oxidation sites excluding steroid dienone is 1. The number of hydrogen-bond donors (Lipinski definition) is 0. The fourth-order valence-electron chi connectivity index (χ4n) is 6.89. The fourth-order valence-corrected chi connectivity index (χ4v) is 23.4. The Morgan fingerprint density at radius 3 is 2.00 bits per heavy atom. The first-order chi connectivity index (χ1) is 19.7. The topological polar surface area (TPSA) is 0 Å². The van der Waals surface area contributed by atoms with E-state index in [1.54, 1.807) is 0 Å². The van der Waals surface area contributed by atoms with Gasteiger partial charge in [-0.25, -0.2) is 0 Å². The molecule has 0 nitrogen and oxygen atoms in total. The fraction of sp³-hybridized carbons (Fsp3) is 0.135. The van der Waals surface area contributed by atoms with Crippen LogP contribution in [0.25, 0.3) is 33.9 Å². The Morgan fingerprint density at radius 2 is 1.29 bits per heavy atom. The first-order valence-corrected chi connectivity index (χ1v) is 24.7. The third-order valence-corrected chi connectivity index (χ3v) is 23.0. The van der Waals surface area contributed by atoms with Crippen molar-refractivity contribution in [1.82, 2.24) is 0 Å². The molecule has 1 unspecified atom stereocenters. The van der Waals surface area contributed by atoms with Gasteiger partial charge in [-0.05, 0) is 0 Å². The third kappa shape index (κ3) is 4.59. The zero-order valence-corrected chi connectivity index (χ0v) is 29.0. The molecular formula is C37H32Cl2SiZr. The summed E-state index contributed by atoms with van der Waals surface area (Å²) < 4.78 is 1.26. The molecule has 1 aliphatic heterocycles. The van der Waals surface area contributed by atoms with E-state index in [2.05, 4.69) is 142 Å². The van der Waals surface area contributed by atoms with Crippen molar-refractivity contribution in [3.63, 3.8) is 0 Å². The SMILES string of the molecule is CC(C)(C)c1ccc2c(c1-c1ccccc1)C=C(c1ccccc1)[CH]2[Zr]([Cl])([Cl])[c]1cccc2c1[SiH2]c1ccccc1-2.